The predicted octanol–water partition coefficient (Wildman–Crippen LogP) is 6.14. The molecule has 0 atom stereocenters. The monoisotopic (exact) mass is 410 g/mol. The highest BCUT2D eigenvalue weighted by molar-refractivity contribution is 5.59. The highest BCUT2D eigenvalue weighted by Gasteiger charge is 2.22. The molecule has 4 aromatic rings. The van der Waals surface area contributed by atoms with Crippen LogP contribution >= 0.6 is 0 Å². The van der Waals surface area contributed by atoms with Crippen LogP contribution in [0.5, 0.6) is 0 Å². The molecule has 2 nitrogen and oxygen atoms in total. The first-order chi connectivity index (χ1) is 15.2. The van der Waals surface area contributed by atoms with Gasteiger partial charge in [-0.1, -0.05) is 66.7 Å². The number of benzene rings is 3. The molecule has 31 heavy (non-hydrogen) atoms. The number of hydrogen-bond acceptors (Lipinski definition) is 1. The molecule has 2 heterocycles. The molecule has 0 spiro atoms. The lowest BCUT2D eigenvalue weighted by Crippen LogP contribution is -2.30. The summed E-state index contributed by atoms with van der Waals surface area (Å²) >= 11 is 0. The van der Waals surface area contributed by atoms with Crippen molar-refractivity contribution in [2.24, 2.45) is 0 Å². The second-order valence-electron chi connectivity index (χ2n) is 8.44. The molecule has 0 bridgehead atoms. The molecule has 0 N–H and O–H groups in total. The third-order valence-corrected chi connectivity index (χ3v) is 6.42. The summed E-state index contributed by atoms with van der Waals surface area (Å²) in [5, 5.41) is 0. The normalized spacial score (nSPS) is 13.3. The highest BCUT2D eigenvalue weighted by Crippen LogP contribution is 2.33. The number of aromatic nitrogens is 1. The summed E-state index contributed by atoms with van der Waals surface area (Å²) in [7, 11) is 0. The Hall–Kier alpha value is -3.33. The van der Waals surface area contributed by atoms with Crippen LogP contribution in [0.1, 0.15) is 33.5 Å². The Kier molecular flexibility index (Phi) is 5.33. The van der Waals surface area contributed by atoms with Crippen LogP contribution in [0.3, 0.4) is 0 Å². The average molecular weight is 411 g/mol. The predicted molar refractivity (Wildman–Crippen MR) is 125 cm³/mol. The quantitative estimate of drug-likeness (QED) is 0.384. The third-order valence-electron chi connectivity index (χ3n) is 6.42. The first-order valence-corrected chi connectivity index (χ1v) is 11.0. The zero-order chi connectivity index (χ0) is 21.2. The van der Waals surface area contributed by atoms with Crippen LogP contribution in [0.2, 0.25) is 0 Å². The largest absolute Gasteiger partial charge is 0.365 e. The number of hydrogen-bond donors (Lipinski definition) is 0. The van der Waals surface area contributed by atoms with Gasteiger partial charge in [-0.2, -0.15) is 0 Å². The molecule has 0 amide bonds. The van der Waals surface area contributed by atoms with Crippen molar-refractivity contribution in [2.75, 3.05) is 11.4 Å². The first kappa shape index (κ1) is 19.6. The van der Waals surface area contributed by atoms with Crippen molar-refractivity contribution in [1.29, 1.82) is 0 Å². The Bertz CT molecular complexity index is 1180. The van der Waals surface area contributed by atoms with Gasteiger partial charge in [0, 0.05) is 43.5 Å². The Labute approximate surface area is 183 Å². The van der Waals surface area contributed by atoms with Gasteiger partial charge in [-0.25, -0.2) is 4.39 Å². The van der Waals surface area contributed by atoms with Gasteiger partial charge in [0.2, 0.25) is 0 Å². The average Bonchev–Trinajstić information content (AvgIpc) is 3.11. The van der Waals surface area contributed by atoms with Crippen LogP contribution in [0, 0.1) is 12.7 Å². The molecule has 0 saturated carbocycles. The fourth-order valence-corrected chi connectivity index (χ4v) is 4.62. The molecule has 3 heteroatoms. The van der Waals surface area contributed by atoms with Crippen molar-refractivity contribution in [3.8, 4) is 0 Å². The lowest BCUT2D eigenvalue weighted by atomic mass is 9.98. The van der Waals surface area contributed by atoms with Crippen molar-refractivity contribution < 1.29 is 4.39 Å². The van der Waals surface area contributed by atoms with Gasteiger partial charge in [-0.3, -0.25) is 0 Å². The van der Waals surface area contributed by atoms with Gasteiger partial charge in [0.05, 0.1) is 5.69 Å². The van der Waals surface area contributed by atoms with Crippen LogP contribution < -0.4 is 4.90 Å². The smallest absolute Gasteiger partial charge is 0.123 e. The van der Waals surface area contributed by atoms with Gasteiger partial charge < -0.3 is 9.47 Å². The van der Waals surface area contributed by atoms with Gasteiger partial charge >= 0.3 is 0 Å². The Morgan fingerprint density at radius 2 is 1.52 bits per heavy atom. The van der Waals surface area contributed by atoms with Crippen molar-refractivity contribution in [3.05, 3.63) is 124 Å². The summed E-state index contributed by atoms with van der Waals surface area (Å²) in [6.07, 6.45) is 4.28. The van der Waals surface area contributed by atoms with Crippen LogP contribution in [0.4, 0.5) is 10.1 Å². The molecular weight excluding hydrogens is 383 g/mol. The maximum atomic E-state index is 13.4. The molecule has 0 fully saturated rings. The van der Waals surface area contributed by atoms with E-state index in [9.17, 15) is 4.39 Å². The summed E-state index contributed by atoms with van der Waals surface area (Å²) in [6.45, 7) is 4.93. The molecule has 1 aromatic heterocycles. The molecule has 1 aliphatic rings. The number of nitrogens with zero attached hydrogens (tertiary/aromatic N) is 2. The number of fused-ring (bicyclic) bond motifs is 1. The van der Waals surface area contributed by atoms with Crippen molar-refractivity contribution in [1.82, 2.24) is 4.57 Å². The lowest BCUT2D eigenvalue weighted by molar-refractivity contribution is 0.626. The molecular formula is C28H27FN2. The summed E-state index contributed by atoms with van der Waals surface area (Å²) in [6, 6.07) is 26.3. The first-order valence-electron chi connectivity index (χ1n) is 11.0. The summed E-state index contributed by atoms with van der Waals surface area (Å²) < 4.78 is 15.7. The van der Waals surface area contributed by atoms with E-state index in [4.69, 9.17) is 0 Å². The zero-order valence-electron chi connectivity index (χ0n) is 17.9. The SMILES string of the molecule is Cc1c(Cc2ccccc2)c(N2CCc3ccccc3C2)cn1Cc1ccc(F)cc1. The molecule has 0 aliphatic carbocycles. The van der Waals surface area contributed by atoms with Crippen molar-refractivity contribution in [2.45, 2.75) is 32.9 Å². The van der Waals surface area contributed by atoms with Gasteiger partial charge in [-0.15, -0.1) is 0 Å². The van der Waals surface area contributed by atoms with E-state index in [0.29, 0.717) is 0 Å². The summed E-state index contributed by atoms with van der Waals surface area (Å²) in [5.41, 5.74) is 9.30. The minimum Gasteiger partial charge on any atom is -0.365 e. The fourth-order valence-electron chi connectivity index (χ4n) is 4.62. The van der Waals surface area contributed by atoms with E-state index >= 15 is 0 Å². The molecule has 5 rings (SSSR count). The topological polar surface area (TPSA) is 8.17 Å². The van der Waals surface area contributed by atoms with Crippen LogP contribution in [0.15, 0.2) is 85.1 Å². The minimum atomic E-state index is -0.189. The summed E-state index contributed by atoms with van der Waals surface area (Å²) in [5.74, 6) is -0.189. The van der Waals surface area contributed by atoms with E-state index in [1.54, 1.807) is 12.1 Å². The van der Waals surface area contributed by atoms with E-state index in [-0.39, 0.29) is 5.82 Å². The molecule has 0 unspecified atom stereocenters. The van der Waals surface area contributed by atoms with E-state index in [1.165, 1.54) is 33.6 Å². The van der Waals surface area contributed by atoms with E-state index in [2.05, 4.69) is 77.2 Å². The number of halogens is 1. The zero-order valence-corrected chi connectivity index (χ0v) is 17.9. The van der Waals surface area contributed by atoms with Crippen molar-refractivity contribution >= 4 is 5.69 Å². The van der Waals surface area contributed by atoms with Gasteiger partial charge in [0.1, 0.15) is 5.82 Å². The van der Waals surface area contributed by atoms with E-state index in [1.807, 2.05) is 12.1 Å². The third kappa shape index (κ3) is 4.13. The van der Waals surface area contributed by atoms with Crippen molar-refractivity contribution in [3.63, 3.8) is 0 Å². The molecule has 1 aliphatic heterocycles. The standard InChI is InChI=1S/C28H27FN2/c1-21-27(17-22-7-3-2-4-8-22)28(20-31(21)18-23-11-13-26(29)14-12-23)30-16-15-24-9-5-6-10-25(24)19-30/h2-14,20H,15-19H2,1H3. The Balaban J connectivity index is 1.51. The fraction of sp³-hybridized carbons (Fsp3) is 0.214. The molecule has 156 valence electrons. The second kappa shape index (κ2) is 8.43. The van der Waals surface area contributed by atoms with Crippen LogP contribution in [-0.2, 0) is 25.9 Å². The van der Waals surface area contributed by atoms with Gasteiger partial charge in [-0.05, 0) is 47.7 Å². The molecule has 0 saturated heterocycles. The number of rotatable bonds is 5. The highest BCUT2D eigenvalue weighted by atomic mass is 19.1. The molecule has 0 radical (unpaired) electrons. The molecule has 3 aromatic carbocycles. The van der Waals surface area contributed by atoms with Crippen LogP contribution in [0.25, 0.3) is 0 Å². The van der Waals surface area contributed by atoms with E-state index in [0.717, 1.165) is 38.0 Å². The number of anilines is 1. The second-order valence-corrected chi connectivity index (χ2v) is 8.44. The minimum absolute atomic E-state index is 0.189. The maximum Gasteiger partial charge on any atom is 0.123 e. The maximum absolute atomic E-state index is 13.4. The Morgan fingerprint density at radius 1 is 0.806 bits per heavy atom. The van der Waals surface area contributed by atoms with Crippen LogP contribution in [-0.4, -0.2) is 11.1 Å². The lowest BCUT2D eigenvalue weighted by Gasteiger charge is -2.31. The summed E-state index contributed by atoms with van der Waals surface area (Å²) in [4.78, 5) is 2.52. The Morgan fingerprint density at radius 3 is 2.29 bits per heavy atom. The van der Waals surface area contributed by atoms with Gasteiger partial charge in [0.15, 0.2) is 0 Å². The van der Waals surface area contributed by atoms with Gasteiger partial charge in [0.25, 0.3) is 0 Å². The van der Waals surface area contributed by atoms with E-state index < -0.39 is 0 Å².